The first-order valence-electron chi connectivity index (χ1n) is 7.87. The van der Waals surface area contributed by atoms with Gasteiger partial charge in [0.1, 0.15) is 5.02 Å². The number of benzene rings is 2. The zero-order valence-corrected chi connectivity index (χ0v) is 15.7. The lowest BCUT2D eigenvalue weighted by molar-refractivity contribution is -0.385. The molecular formula is C18H14Cl2N4O3. The van der Waals surface area contributed by atoms with E-state index in [1.165, 1.54) is 18.2 Å². The van der Waals surface area contributed by atoms with Gasteiger partial charge in [-0.15, -0.1) is 0 Å². The normalized spacial score (nSPS) is 10.6. The summed E-state index contributed by atoms with van der Waals surface area (Å²) in [4.78, 5) is 22.8. The van der Waals surface area contributed by atoms with E-state index < -0.39 is 10.8 Å². The lowest BCUT2D eigenvalue weighted by Crippen LogP contribution is -2.13. The molecule has 0 spiro atoms. The third kappa shape index (κ3) is 4.45. The Kier molecular flexibility index (Phi) is 5.43. The standard InChI is InChI=1S/C18H14Cl2N4O3/c1-11-8-13(4-7-16(11)24(26)27)18(25)21-17-15(20)10-23(22-17)9-12-2-5-14(19)6-3-12/h2-8,10H,9H2,1H3,(H,21,22,25). The van der Waals surface area contributed by atoms with Crippen molar-refractivity contribution in [3.05, 3.63) is 85.5 Å². The van der Waals surface area contributed by atoms with Crippen molar-refractivity contribution in [3.8, 4) is 0 Å². The maximum Gasteiger partial charge on any atom is 0.272 e. The summed E-state index contributed by atoms with van der Waals surface area (Å²) in [5.41, 5.74) is 1.60. The summed E-state index contributed by atoms with van der Waals surface area (Å²) in [6.07, 6.45) is 1.60. The quantitative estimate of drug-likeness (QED) is 0.492. The highest BCUT2D eigenvalue weighted by Crippen LogP contribution is 2.23. The van der Waals surface area contributed by atoms with Gasteiger partial charge in [-0.1, -0.05) is 35.3 Å². The average molecular weight is 405 g/mol. The van der Waals surface area contributed by atoms with Crippen molar-refractivity contribution < 1.29 is 9.72 Å². The van der Waals surface area contributed by atoms with Crippen molar-refractivity contribution in [1.29, 1.82) is 0 Å². The number of hydrogen-bond acceptors (Lipinski definition) is 4. The zero-order valence-electron chi connectivity index (χ0n) is 14.1. The first-order valence-corrected chi connectivity index (χ1v) is 8.63. The number of nitro groups is 1. The van der Waals surface area contributed by atoms with Crippen molar-refractivity contribution in [2.75, 3.05) is 5.32 Å². The Bertz CT molecular complexity index is 1020. The molecule has 2 aromatic carbocycles. The number of aromatic nitrogens is 2. The predicted octanol–water partition coefficient (Wildman–Crippen LogP) is 4.71. The molecule has 27 heavy (non-hydrogen) atoms. The number of carbonyl (C=O) groups excluding carboxylic acids is 1. The van der Waals surface area contributed by atoms with E-state index in [0.717, 1.165) is 5.56 Å². The highest BCUT2D eigenvalue weighted by molar-refractivity contribution is 6.33. The van der Waals surface area contributed by atoms with Gasteiger partial charge in [-0.2, -0.15) is 5.10 Å². The Labute approximate surface area is 164 Å². The molecule has 0 fully saturated rings. The van der Waals surface area contributed by atoms with Crippen LogP contribution in [0.2, 0.25) is 10.0 Å². The minimum Gasteiger partial charge on any atom is -0.304 e. The fourth-order valence-electron chi connectivity index (χ4n) is 2.52. The van der Waals surface area contributed by atoms with Gasteiger partial charge in [-0.3, -0.25) is 19.6 Å². The Hall–Kier alpha value is -2.90. The number of amides is 1. The Morgan fingerprint density at radius 2 is 1.93 bits per heavy atom. The van der Waals surface area contributed by atoms with Crippen LogP contribution in [0.3, 0.4) is 0 Å². The molecule has 0 aliphatic heterocycles. The molecule has 138 valence electrons. The summed E-state index contributed by atoms with van der Waals surface area (Å²) in [6, 6.07) is 11.4. The third-order valence-corrected chi connectivity index (χ3v) is 4.39. The molecule has 1 N–H and O–H groups in total. The second kappa shape index (κ2) is 7.77. The Balaban J connectivity index is 1.74. The van der Waals surface area contributed by atoms with E-state index in [9.17, 15) is 14.9 Å². The van der Waals surface area contributed by atoms with Crippen LogP contribution < -0.4 is 5.32 Å². The van der Waals surface area contributed by atoms with Gasteiger partial charge >= 0.3 is 0 Å². The molecule has 0 radical (unpaired) electrons. The van der Waals surface area contributed by atoms with E-state index >= 15 is 0 Å². The topological polar surface area (TPSA) is 90.1 Å². The van der Waals surface area contributed by atoms with Gasteiger partial charge in [0.05, 0.1) is 11.5 Å². The summed E-state index contributed by atoms with van der Waals surface area (Å²) < 4.78 is 1.60. The summed E-state index contributed by atoms with van der Waals surface area (Å²) >= 11 is 12.0. The summed E-state index contributed by atoms with van der Waals surface area (Å²) in [5, 5.41) is 18.7. The smallest absolute Gasteiger partial charge is 0.272 e. The molecule has 7 nitrogen and oxygen atoms in total. The van der Waals surface area contributed by atoms with Gasteiger partial charge in [-0.25, -0.2) is 0 Å². The van der Waals surface area contributed by atoms with Crippen LogP contribution in [0.5, 0.6) is 0 Å². The van der Waals surface area contributed by atoms with E-state index in [2.05, 4.69) is 10.4 Å². The van der Waals surface area contributed by atoms with Gasteiger partial charge in [0, 0.05) is 28.4 Å². The summed E-state index contributed by atoms with van der Waals surface area (Å²) in [7, 11) is 0. The van der Waals surface area contributed by atoms with Crippen molar-refractivity contribution in [2.24, 2.45) is 0 Å². The molecule has 0 unspecified atom stereocenters. The first-order chi connectivity index (χ1) is 12.8. The second-order valence-corrected chi connectivity index (χ2v) is 6.71. The summed E-state index contributed by atoms with van der Waals surface area (Å²) in [6.45, 7) is 2.03. The van der Waals surface area contributed by atoms with Gasteiger partial charge in [-0.05, 0) is 36.8 Å². The minimum absolute atomic E-state index is 0.0446. The molecule has 0 bridgehead atoms. The number of nitrogens with zero attached hydrogens (tertiary/aromatic N) is 3. The van der Waals surface area contributed by atoms with E-state index in [1.807, 2.05) is 12.1 Å². The molecule has 1 aromatic heterocycles. The van der Waals surface area contributed by atoms with Crippen LogP contribution in [-0.2, 0) is 6.54 Å². The number of nitro benzene ring substituents is 1. The van der Waals surface area contributed by atoms with Crippen molar-refractivity contribution >= 4 is 40.6 Å². The number of rotatable bonds is 5. The fraction of sp³-hybridized carbons (Fsp3) is 0.111. The highest BCUT2D eigenvalue weighted by atomic mass is 35.5. The molecule has 1 heterocycles. The summed E-state index contributed by atoms with van der Waals surface area (Å²) in [5.74, 6) is -0.238. The van der Waals surface area contributed by atoms with Crippen LogP contribution in [0, 0.1) is 17.0 Å². The first kappa shape index (κ1) is 18.9. The molecule has 0 aliphatic rings. The molecule has 3 rings (SSSR count). The van der Waals surface area contributed by atoms with Crippen LogP contribution in [0.15, 0.2) is 48.7 Å². The maximum atomic E-state index is 12.4. The van der Waals surface area contributed by atoms with Gasteiger partial charge in [0.2, 0.25) is 0 Å². The third-order valence-electron chi connectivity index (χ3n) is 3.86. The lowest BCUT2D eigenvalue weighted by Gasteiger charge is -2.05. The minimum atomic E-state index is -0.494. The number of anilines is 1. The van der Waals surface area contributed by atoms with Crippen molar-refractivity contribution in [3.63, 3.8) is 0 Å². The van der Waals surface area contributed by atoms with Gasteiger partial charge < -0.3 is 5.32 Å². The van der Waals surface area contributed by atoms with Gasteiger partial charge in [0.25, 0.3) is 11.6 Å². The maximum absolute atomic E-state index is 12.4. The van der Waals surface area contributed by atoms with E-state index in [4.69, 9.17) is 23.2 Å². The van der Waals surface area contributed by atoms with Crippen molar-refractivity contribution in [1.82, 2.24) is 9.78 Å². The fourth-order valence-corrected chi connectivity index (χ4v) is 2.84. The molecular weight excluding hydrogens is 391 g/mol. The van der Waals surface area contributed by atoms with E-state index in [0.29, 0.717) is 17.1 Å². The lowest BCUT2D eigenvalue weighted by atomic mass is 10.1. The van der Waals surface area contributed by atoms with Crippen LogP contribution in [0.25, 0.3) is 0 Å². The second-order valence-electron chi connectivity index (χ2n) is 5.86. The highest BCUT2D eigenvalue weighted by Gasteiger charge is 2.16. The Morgan fingerprint density at radius 1 is 1.22 bits per heavy atom. The largest absolute Gasteiger partial charge is 0.304 e. The average Bonchev–Trinajstić information content (AvgIpc) is 2.95. The predicted molar refractivity (Wildman–Crippen MR) is 104 cm³/mol. The van der Waals surface area contributed by atoms with Crippen molar-refractivity contribution in [2.45, 2.75) is 13.5 Å². The monoisotopic (exact) mass is 404 g/mol. The molecule has 0 aliphatic carbocycles. The number of hydrogen-bond donors (Lipinski definition) is 1. The van der Waals surface area contributed by atoms with E-state index in [-0.39, 0.29) is 22.1 Å². The SMILES string of the molecule is Cc1cc(C(=O)Nc2nn(Cc3ccc(Cl)cc3)cc2Cl)ccc1[N+](=O)[O-]. The molecule has 0 saturated heterocycles. The number of halogens is 2. The number of aryl methyl sites for hydroxylation is 1. The Morgan fingerprint density at radius 3 is 2.56 bits per heavy atom. The van der Waals surface area contributed by atoms with Crippen LogP contribution >= 0.6 is 23.2 Å². The molecule has 1 amide bonds. The van der Waals surface area contributed by atoms with Crippen LogP contribution in [0.4, 0.5) is 11.5 Å². The zero-order chi connectivity index (χ0) is 19.6. The van der Waals surface area contributed by atoms with Crippen LogP contribution in [-0.4, -0.2) is 20.6 Å². The number of nitrogens with one attached hydrogen (secondary N) is 1. The molecule has 9 heteroatoms. The number of carbonyl (C=O) groups is 1. The molecule has 0 atom stereocenters. The van der Waals surface area contributed by atoms with E-state index in [1.54, 1.807) is 29.9 Å². The van der Waals surface area contributed by atoms with Crippen LogP contribution in [0.1, 0.15) is 21.5 Å². The molecule has 0 saturated carbocycles. The van der Waals surface area contributed by atoms with Gasteiger partial charge in [0.15, 0.2) is 5.82 Å². The molecule has 3 aromatic rings.